The number of hydrogen-bond acceptors (Lipinski definition) is 1. The first-order valence-corrected chi connectivity index (χ1v) is 6.16. The van der Waals surface area contributed by atoms with Crippen LogP contribution in [0.2, 0.25) is 0 Å². The van der Waals surface area contributed by atoms with Crippen LogP contribution in [0.3, 0.4) is 0 Å². The largest absolute Gasteiger partial charge is 0.103 e. The summed E-state index contributed by atoms with van der Waals surface area (Å²) in [6.07, 6.45) is 2.20. The highest BCUT2D eigenvalue weighted by molar-refractivity contribution is 8.05. The molecule has 0 aromatic carbocycles. The molecule has 0 aliphatic rings. The van der Waals surface area contributed by atoms with Gasteiger partial charge in [0.2, 0.25) is 0 Å². The minimum absolute atomic E-state index is 0.137. The van der Waals surface area contributed by atoms with Crippen LogP contribution in [0.5, 0.6) is 0 Å². The molecule has 15 heavy (non-hydrogen) atoms. The Kier molecular flexibility index (Phi) is 4.92. The van der Waals surface area contributed by atoms with Gasteiger partial charge >= 0.3 is 0 Å². The molecule has 0 aromatic rings. The molecule has 0 N–H and O–H groups in total. The van der Waals surface area contributed by atoms with Crippen LogP contribution in [-0.2, 0) is 0 Å². The Morgan fingerprint density at radius 2 is 1.47 bits per heavy atom. The molecule has 0 aliphatic carbocycles. The van der Waals surface area contributed by atoms with Crippen LogP contribution >= 0.6 is 11.8 Å². The van der Waals surface area contributed by atoms with E-state index >= 15 is 0 Å². The molecule has 86 valence electrons. The summed E-state index contributed by atoms with van der Waals surface area (Å²) in [4.78, 5) is 1.32. The van der Waals surface area contributed by atoms with Gasteiger partial charge in [-0.25, -0.2) is 0 Å². The van der Waals surface area contributed by atoms with Gasteiger partial charge < -0.3 is 0 Å². The monoisotopic (exact) mass is 224 g/mol. The van der Waals surface area contributed by atoms with Crippen LogP contribution in [0.1, 0.15) is 41.5 Å². The summed E-state index contributed by atoms with van der Waals surface area (Å²) in [5, 5.41) is 1.88. The summed E-state index contributed by atoms with van der Waals surface area (Å²) in [6.45, 7) is 21.1. The van der Waals surface area contributed by atoms with Crippen molar-refractivity contribution in [2.45, 2.75) is 41.5 Å². The topological polar surface area (TPSA) is 0 Å². The molecule has 0 saturated heterocycles. The summed E-state index contributed by atoms with van der Waals surface area (Å²) in [5.41, 5.74) is 1.47. The van der Waals surface area contributed by atoms with E-state index in [-0.39, 0.29) is 10.8 Å². The molecule has 0 saturated carbocycles. The molecule has 0 nitrogen and oxygen atoms in total. The highest BCUT2D eigenvalue weighted by Gasteiger charge is 2.20. The van der Waals surface area contributed by atoms with Crippen LogP contribution in [0.25, 0.3) is 0 Å². The molecule has 0 radical (unpaired) electrons. The lowest BCUT2D eigenvalue weighted by Gasteiger charge is -2.25. The molecule has 0 fully saturated rings. The highest BCUT2D eigenvalue weighted by atomic mass is 32.2. The van der Waals surface area contributed by atoms with Crippen LogP contribution in [0.4, 0.5) is 0 Å². The van der Waals surface area contributed by atoms with E-state index in [0.717, 1.165) is 0 Å². The van der Waals surface area contributed by atoms with E-state index in [1.807, 2.05) is 5.41 Å². The van der Waals surface area contributed by atoms with Gasteiger partial charge in [0.15, 0.2) is 0 Å². The number of thioether (sulfide) groups is 1. The molecule has 0 bridgehead atoms. The van der Waals surface area contributed by atoms with Gasteiger partial charge in [0.05, 0.1) is 0 Å². The Labute approximate surface area is 99.5 Å². The molecule has 0 amide bonds. The van der Waals surface area contributed by atoms with Crippen molar-refractivity contribution in [3.8, 4) is 0 Å². The van der Waals surface area contributed by atoms with E-state index in [1.54, 1.807) is 11.8 Å². The van der Waals surface area contributed by atoms with E-state index in [2.05, 4.69) is 60.8 Å². The Morgan fingerprint density at radius 3 is 1.73 bits per heavy atom. The molecule has 1 heteroatoms. The molecule has 0 spiro atoms. The van der Waals surface area contributed by atoms with Gasteiger partial charge in [0.1, 0.15) is 0 Å². The van der Waals surface area contributed by atoms with Gasteiger partial charge in [-0.15, -0.1) is 11.8 Å². The number of hydrogen-bond donors (Lipinski definition) is 0. The average Bonchev–Trinajstić information content (AvgIpc) is 1.99. The van der Waals surface area contributed by atoms with Gasteiger partial charge in [0.25, 0.3) is 0 Å². The Bertz CT molecular complexity index is 269. The Morgan fingerprint density at radius 1 is 1.00 bits per heavy atom. The third kappa shape index (κ3) is 5.27. The van der Waals surface area contributed by atoms with E-state index in [1.165, 1.54) is 10.5 Å². The van der Waals surface area contributed by atoms with Crippen molar-refractivity contribution >= 4 is 11.8 Å². The quantitative estimate of drug-likeness (QED) is 0.579. The average molecular weight is 224 g/mol. The second-order valence-electron chi connectivity index (χ2n) is 5.82. The standard InChI is InChI=1S/C14H24S/c1-9-15-12(14(6,7)8)10-11(2)13(3,4)5/h9-10H,1-2H2,3-8H3/b12-10-. The Balaban J connectivity index is 5.02. The molecular weight excluding hydrogens is 200 g/mol. The molecule has 0 atom stereocenters. The zero-order valence-corrected chi connectivity index (χ0v) is 11.8. The van der Waals surface area contributed by atoms with E-state index in [0.29, 0.717) is 0 Å². The molecule has 0 heterocycles. The number of rotatable bonds is 3. The smallest absolute Gasteiger partial charge is 0.00522 e. The minimum Gasteiger partial charge on any atom is -0.103 e. The van der Waals surface area contributed by atoms with Crippen molar-refractivity contribution in [1.29, 1.82) is 0 Å². The molecular formula is C14H24S. The summed E-state index contributed by atoms with van der Waals surface area (Å²) in [7, 11) is 0. The lowest BCUT2D eigenvalue weighted by Crippen LogP contribution is -2.11. The predicted molar refractivity (Wildman–Crippen MR) is 73.9 cm³/mol. The van der Waals surface area contributed by atoms with Crippen molar-refractivity contribution in [3.05, 3.63) is 35.1 Å². The lowest BCUT2D eigenvalue weighted by atomic mass is 9.85. The molecule has 0 aromatic heterocycles. The van der Waals surface area contributed by atoms with Gasteiger partial charge in [-0.2, -0.15) is 0 Å². The first-order valence-electron chi connectivity index (χ1n) is 5.28. The maximum atomic E-state index is 4.14. The van der Waals surface area contributed by atoms with Crippen molar-refractivity contribution < 1.29 is 0 Å². The fraction of sp³-hybridized carbons (Fsp3) is 0.571. The molecule has 0 unspecified atom stereocenters. The van der Waals surface area contributed by atoms with Crippen molar-refractivity contribution in [2.24, 2.45) is 10.8 Å². The summed E-state index contributed by atoms with van der Waals surface area (Å²) >= 11 is 1.69. The van der Waals surface area contributed by atoms with Crippen molar-refractivity contribution in [1.82, 2.24) is 0 Å². The van der Waals surface area contributed by atoms with E-state index in [9.17, 15) is 0 Å². The van der Waals surface area contributed by atoms with Crippen molar-refractivity contribution in [3.63, 3.8) is 0 Å². The third-order valence-corrected chi connectivity index (χ3v) is 3.37. The summed E-state index contributed by atoms with van der Waals surface area (Å²) in [6, 6.07) is 0. The number of allylic oxidation sites excluding steroid dienone is 3. The van der Waals surface area contributed by atoms with Crippen LogP contribution in [0, 0.1) is 10.8 Å². The fourth-order valence-corrected chi connectivity index (χ4v) is 1.64. The second-order valence-corrected chi connectivity index (χ2v) is 6.83. The first kappa shape index (κ1) is 14.6. The SMILES string of the molecule is C=CS/C(=C\C(=C)C(C)(C)C)C(C)(C)C. The van der Waals surface area contributed by atoms with Gasteiger partial charge in [-0.05, 0) is 32.8 Å². The van der Waals surface area contributed by atoms with Crippen molar-refractivity contribution in [2.75, 3.05) is 0 Å². The predicted octanol–water partition coefficient (Wildman–Crippen LogP) is 5.40. The summed E-state index contributed by atoms with van der Waals surface area (Å²) in [5.74, 6) is 0. The Hall–Kier alpha value is -0.430. The van der Waals surface area contributed by atoms with Crippen LogP contribution in [0.15, 0.2) is 35.1 Å². The minimum atomic E-state index is 0.137. The lowest BCUT2D eigenvalue weighted by molar-refractivity contribution is 0.507. The molecule has 0 rings (SSSR count). The first-order chi connectivity index (χ1) is 6.59. The highest BCUT2D eigenvalue weighted by Crippen LogP contribution is 2.38. The molecule has 0 aliphatic heterocycles. The normalized spacial score (nSPS) is 13.9. The zero-order chi connectivity index (χ0) is 12.3. The second kappa shape index (κ2) is 5.07. The van der Waals surface area contributed by atoms with Crippen LogP contribution in [-0.4, -0.2) is 0 Å². The van der Waals surface area contributed by atoms with Gasteiger partial charge in [-0.1, -0.05) is 54.7 Å². The maximum Gasteiger partial charge on any atom is -0.00522 e. The maximum absolute atomic E-state index is 4.14. The summed E-state index contributed by atoms with van der Waals surface area (Å²) < 4.78 is 0. The third-order valence-electron chi connectivity index (χ3n) is 2.22. The van der Waals surface area contributed by atoms with Gasteiger partial charge in [-0.3, -0.25) is 0 Å². The van der Waals surface area contributed by atoms with E-state index in [4.69, 9.17) is 0 Å². The zero-order valence-electron chi connectivity index (χ0n) is 11.0. The van der Waals surface area contributed by atoms with Gasteiger partial charge in [0, 0.05) is 0 Å². The van der Waals surface area contributed by atoms with E-state index < -0.39 is 0 Å². The fourth-order valence-electron chi connectivity index (χ4n) is 0.892. The van der Waals surface area contributed by atoms with Crippen LogP contribution < -0.4 is 0 Å².